The average molecular weight is 395 g/mol. The van der Waals surface area contributed by atoms with Crippen LogP contribution in [-0.4, -0.2) is 35.9 Å². The summed E-state index contributed by atoms with van der Waals surface area (Å²) in [6.45, 7) is 3.48. The van der Waals surface area contributed by atoms with Gasteiger partial charge in [-0.1, -0.05) is 18.2 Å². The Kier molecular flexibility index (Phi) is 7.22. The molecule has 0 radical (unpaired) electrons. The molecule has 29 heavy (non-hydrogen) atoms. The summed E-state index contributed by atoms with van der Waals surface area (Å²) in [7, 11) is 1.72. The van der Waals surface area contributed by atoms with Crippen molar-refractivity contribution in [2.24, 2.45) is 4.99 Å². The summed E-state index contributed by atoms with van der Waals surface area (Å²) in [4.78, 5) is 4.22. The monoisotopic (exact) mass is 395 g/mol. The lowest BCUT2D eigenvalue weighted by molar-refractivity contribution is 0.321. The molecule has 0 atom stereocenters. The maximum Gasteiger partial charge on any atom is 0.191 e. The molecule has 6 nitrogen and oxygen atoms in total. The number of benzene rings is 2. The van der Waals surface area contributed by atoms with Crippen molar-refractivity contribution in [3.63, 3.8) is 0 Å². The van der Waals surface area contributed by atoms with Gasteiger partial charge in [0.25, 0.3) is 0 Å². The first-order valence-electron chi connectivity index (χ1n) is 9.64. The molecule has 1 aromatic heterocycles. The van der Waals surface area contributed by atoms with E-state index in [1.54, 1.807) is 19.3 Å². The van der Waals surface area contributed by atoms with E-state index in [9.17, 15) is 4.39 Å². The molecule has 2 N–H and O–H groups in total. The number of aliphatic imine (C=N–C) groups is 1. The average Bonchev–Trinajstić information content (AvgIpc) is 3.28. The second kappa shape index (κ2) is 10.3. The Labute approximate surface area is 170 Å². The Balaban J connectivity index is 1.45. The summed E-state index contributed by atoms with van der Waals surface area (Å²) in [6.07, 6.45) is 4.54. The normalized spacial score (nSPS) is 11.3. The minimum Gasteiger partial charge on any atom is -0.491 e. The van der Waals surface area contributed by atoms with Crippen LogP contribution >= 0.6 is 0 Å². The molecule has 0 fully saturated rings. The molecule has 7 heteroatoms. The molecule has 3 rings (SSSR count). The fourth-order valence-corrected chi connectivity index (χ4v) is 2.90. The first kappa shape index (κ1) is 20.4. The lowest BCUT2D eigenvalue weighted by Crippen LogP contribution is -2.37. The molecular formula is C22H26FN5O. The molecule has 0 saturated heterocycles. The van der Waals surface area contributed by atoms with Crippen LogP contribution in [0.15, 0.2) is 65.9 Å². The Hall–Kier alpha value is -3.35. The SMILES string of the molecule is CCOc1ccc(CNC(=NC)NCCc2ccc(-n3cccn3)cc2)cc1F. The van der Waals surface area contributed by atoms with Crippen LogP contribution in [0.2, 0.25) is 0 Å². The van der Waals surface area contributed by atoms with Gasteiger partial charge in [-0.05, 0) is 54.8 Å². The molecule has 0 aliphatic heterocycles. The van der Waals surface area contributed by atoms with Gasteiger partial charge >= 0.3 is 0 Å². The molecule has 3 aromatic rings. The lowest BCUT2D eigenvalue weighted by atomic mass is 10.1. The van der Waals surface area contributed by atoms with Gasteiger partial charge in [0.2, 0.25) is 0 Å². The predicted molar refractivity (Wildman–Crippen MR) is 113 cm³/mol. The highest BCUT2D eigenvalue weighted by atomic mass is 19.1. The summed E-state index contributed by atoms with van der Waals surface area (Å²) in [5.41, 5.74) is 3.08. The summed E-state index contributed by atoms with van der Waals surface area (Å²) in [5.74, 6) is 0.595. The predicted octanol–water partition coefficient (Wildman–Crippen LogP) is 3.32. The Morgan fingerprint density at radius 1 is 1.14 bits per heavy atom. The number of nitrogens with one attached hydrogen (secondary N) is 2. The van der Waals surface area contributed by atoms with Crippen molar-refractivity contribution in [2.75, 3.05) is 20.2 Å². The highest BCUT2D eigenvalue weighted by Gasteiger charge is 2.05. The van der Waals surface area contributed by atoms with Gasteiger partial charge in [0.05, 0.1) is 12.3 Å². The van der Waals surface area contributed by atoms with Crippen LogP contribution in [0.1, 0.15) is 18.1 Å². The van der Waals surface area contributed by atoms with E-state index >= 15 is 0 Å². The zero-order valence-electron chi connectivity index (χ0n) is 16.7. The molecule has 0 saturated carbocycles. The van der Waals surface area contributed by atoms with Crippen LogP contribution in [0.3, 0.4) is 0 Å². The summed E-state index contributed by atoms with van der Waals surface area (Å²) >= 11 is 0. The van der Waals surface area contributed by atoms with Gasteiger partial charge in [-0.3, -0.25) is 4.99 Å². The van der Waals surface area contributed by atoms with Crippen LogP contribution in [0, 0.1) is 5.82 Å². The van der Waals surface area contributed by atoms with Gasteiger partial charge in [0.1, 0.15) is 0 Å². The van der Waals surface area contributed by atoms with Crippen molar-refractivity contribution in [1.29, 1.82) is 0 Å². The number of hydrogen-bond acceptors (Lipinski definition) is 3. The Bertz CT molecular complexity index is 923. The van der Waals surface area contributed by atoms with E-state index < -0.39 is 0 Å². The minimum absolute atomic E-state index is 0.275. The summed E-state index contributed by atoms with van der Waals surface area (Å²) in [6, 6.07) is 15.2. The molecular weight excluding hydrogens is 369 g/mol. The van der Waals surface area contributed by atoms with Gasteiger partial charge in [-0.2, -0.15) is 5.10 Å². The number of rotatable bonds is 8. The van der Waals surface area contributed by atoms with Crippen LogP contribution in [0.4, 0.5) is 4.39 Å². The molecule has 0 unspecified atom stereocenters. The van der Waals surface area contributed by atoms with E-state index in [4.69, 9.17) is 4.74 Å². The van der Waals surface area contributed by atoms with E-state index in [-0.39, 0.29) is 11.6 Å². The molecule has 0 aliphatic carbocycles. The Morgan fingerprint density at radius 2 is 1.93 bits per heavy atom. The van der Waals surface area contributed by atoms with Crippen molar-refractivity contribution in [3.05, 3.63) is 77.9 Å². The third kappa shape index (κ3) is 5.81. The largest absolute Gasteiger partial charge is 0.491 e. The zero-order chi connectivity index (χ0) is 20.5. The number of hydrogen-bond donors (Lipinski definition) is 2. The topological polar surface area (TPSA) is 63.5 Å². The molecule has 152 valence electrons. The number of nitrogens with zero attached hydrogens (tertiary/aromatic N) is 3. The second-order valence-corrected chi connectivity index (χ2v) is 6.42. The molecule has 0 aliphatic rings. The standard InChI is InChI=1S/C22H26FN5O/c1-3-29-21-10-7-18(15-20(21)23)16-26-22(24-2)25-13-11-17-5-8-19(9-6-17)28-14-4-12-27-28/h4-10,12,14-15H,3,11,13,16H2,1-2H3,(H2,24,25,26). The maximum atomic E-state index is 13.9. The maximum absolute atomic E-state index is 13.9. The van der Waals surface area contributed by atoms with Crippen LogP contribution in [0.5, 0.6) is 5.75 Å². The van der Waals surface area contributed by atoms with Gasteiger partial charge in [0, 0.05) is 32.5 Å². The summed E-state index contributed by atoms with van der Waals surface area (Å²) in [5, 5.41) is 10.7. The van der Waals surface area contributed by atoms with Crippen LogP contribution in [-0.2, 0) is 13.0 Å². The number of ether oxygens (including phenoxy) is 1. The van der Waals surface area contributed by atoms with Gasteiger partial charge in [0.15, 0.2) is 17.5 Å². The van der Waals surface area contributed by atoms with Gasteiger partial charge in [-0.15, -0.1) is 0 Å². The fourth-order valence-electron chi connectivity index (χ4n) is 2.90. The third-order valence-electron chi connectivity index (χ3n) is 4.39. The highest BCUT2D eigenvalue weighted by molar-refractivity contribution is 5.79. The highest BCUT2D eigenvalue weighted by Crippen LogP contribution is 2.18. The van der Waals surface area contributed by atoms with Crippen LogP contribution in [0.25, 0.3) is 5.69 Å². The van der Waals surface area contributed by atoms with Gasteiger partial charge < -0.3 is 15.4 Å². The molecule has 2 aromatic carbocycles. The van der Waals surface area contributed by atoms with E-state index in [0.29, 0.717) is 19.1 Å². The van der Waals surface area contributed by atoms with Crippen molar-refractivity contribution in [1.82, 2.24) is 20.4 Å². The first-order chi connectivity index (χ1) is 14.2. The third-order valence-corrected chi connectivity index (χ3v) is 4.39. The van der Waals surface area contributed by atoms with E-state index in [1.807, 2.05) is 29.9 Å². The van der Waals surface area contributed by atoms with E-state index in [2.05, 4.69) is 45.0 Å². The first-order valence-corrected chi connectivity index (χ1v) is 9.64. The van der Waals surface area contributed by atoms with Crippen molar-refractivity contribution < 1.29 is 9.13 Å². The minimum atomic E-state index is -0.354. The molecule has 1 heterocycles. The fraction of sp³-hybridized carbons (Fsp3) is 0.273. The lowest BCUT2D eigenvalue weighted by Gasteiger charge is -2.13. The van der Waals surface area contributed by atoms with E-state index in [1.165, 1.54) is 11.6 Å². The number of aromatic nitrogens is 2. The quantitative estimate of drug-likeness (QED) is 0.454. The van der Waals surface area contributed by atoms with Crippen molar-refractivity contribution in [2.45, 2.75) is 19.9 Å². The Morgan fingerprint density at radius 3 is 2.59 bits per heavy atom. The van der Waals surface area contributed by atoms with Crippen LogP contribution < -0.4 is 15.4 Å². The van der Waals surface area contributed by atoms with Gasteiger partial charge in [-0.25, -0.2) is 9.07 Å². The summed E-state index contributed by atoms with van der Waals surface area (Å²) < 4.78 is 21.0. The number of guanidine groups is 1. The smallest absolute Gasteiger partial charge is 0.191 e. The molecule has 0 bridgehead atoms. The number of halogens is 1. The van der Waals surface area contributed by atoms with Crippen molar-refractivity contribution in [3.8, 4) is 11.4 Å². The van der Waals surface area contributed by atoms with Crippen molar-refractivity contribution >= 4 is 5.96 Å². The zero-order valence-corrected chi connectivity index (χ0v) is 16.7. The van der Waals surface area contributed by atoms with E-state index in [0.717, 1.165) is 24.2 Å². The molecule has 0 amide bonds. The molecule has 0 spiro atoms. The second-order valence-electron chi connectivity index (χ2n) is 6.42.